The highest BCUT2D eigenvalue weighted by atomic mass is 16.6. The van der Waals surface area contributed by atoms with Crippen LogP contribution in [0.1, 0.15) is 20.8 Å². The first-order valence-corrected chi connectivity index (χ1v) is 6.19. The molecule has 0 saturated carbocycles. The van der Waals surface area contributed by atoms with Crippen molar-refractivity contribution >= 4 is 11.9 Å². The van der Waals surface area contributed by atoms with E-state index in [1.165, 1.54) is 0 Å². The molecule has 0 aromatic rings. The van der Waals surface area contributed by atoms with Crippen LogP contribution in [0, 0.1) is 0 Å². The molecule has 0 spiro atoms. The predicted molar refractivity (Wildman–Crippen MR) is 69.4 cm³/mol. The van der Waals surface area contributed by atoms with E-state index in [1.807, 2.05) is 0 Å². The minimum atomic E-state index is -0.548. The minimum absolute atomic E-state index is 0.0397. The molecule has 0 fully saturated rings. The van der Waals surface area contributed by atoms with Crippen molar-refractivity contribution in [2.75, 3.05) is 39.4 Å². The Bertz CT molecular complexity index is 288. The number of aliphatic hydroxyl groups is 1. The molecule has 0 aliphatic rings. The van der Waals surface area contributed by atoms with Crippen LogP contribution in [0.4, 0.5) is 0 Å². The second kappa shape index (κ2) is 8.84. The van der Waals surface area contributed by atoms with Gasteiger partial charge in [0.1, 0.15) is 12.2 Å². The van der Waals surface area contributed by atoms with E-state index < -0.39 is 11.6 Å². The number of esters is 2. The third-order valence-electron chi connectivity index (χ3n) is 2.03. The Labute approximate surface area is 113 Å². The third kappa shape index (κ3) is 10.4. The van der Waals surface area contributed by atoms with Crippen LogP contribution in [0.2, 0.25) is 0 Å². The maximum absolute atomic E-state index is 11.6. The van der Waals surface area contributed by atoms with Crippen molar-refractivity contribution in [1.82, 2.24) is 4.90 Å². The average molecular weight is 276 g/mol. The van der Waals surface area contributed by atoms with E-state index in [0.717, 1.165) is 0 Å². The van der Waals surface area contributed by atoms with Crippen molar-refractivity contribution < 1.29 is 24.2 Å². The molecular weight excluding hydrogens is 252 g/mol. The van der Waals surface area contributed by atoms with E-state index in [4.69, 9.17) is 20.3 Å². The van der Waals surface area contributed by atoms with Crippen LogP contribution >= 0.6 is 0 Å². The Balaban J connectivity index is 4.10. The van der Waals surface area contributed by atoms with Crippen molar-refractivity contribution in [2.24, 2.45) is 5.73 Å². The Morgan fingerprint density at radius 2 is 1.84 bits per heavy atom. The van der Waals surface area contributed by atoms with E-state index in [0.29, 0.717) is 13.1 Å². The maximum Gasteiger partial charge on any atom is 0.320 e. The Morgan fingerprint density at radius 1 is 1.21 bits per heavy atom. The molecule has 0 radical (unpaired) electrons. The first kappa shape index (κ1) is 17.8. The van der Waals surface area contributed by atoms with Crippen LogP contribution in [0.5, 0.6) is 0 Å². The third-order valence-corrected chi connectivity index (χ3v) is 2.03. The first-order chi connectivity index (χ1) is 8.78. The Morgan fingerprint density at radius 3 is 2.32 bits per heavy atom. The van der Waals surface area contributed by atoms with E-state index in [2.05, 4.69) is 0 Å². The van der Waals surface area contributed by atoms with Gasteiger partial charge in [-0.1, -0.05) is 0 Å². The fourth-order valence-electron chi connectivity index (χ4n) is 1.32. The van der Waals surface area contributed by atoms with E-state index in [9.17, 15) is 9.59 Å². The van der Waals surface area contributed by atoms with Gasteiger partial charge in [0.2, 0.25) is 0 Å². The number of ether oxygens (including phenoxy) is 2. The molecule has 112 valence electrons. The molecule has 0 bridgehead atoms. The zero-order chi connectivity index (χ0) is 14.9. The van der Waals surface area contributed by atoms with Gasteiger partial charge in [-0.3, -0.25) is 14.5 Å². The molecular formula is C12H24N2O5. The van der Waals surface area contributed by atoms with Crippen molar-refractivity contribution in [2.45, 2.75) is 26.4 Å². The quantitative estimate of drug-likeness (QED) is 0.555. The van der Waals surface area contributed by atoms with Crippen LogP contribution in [0.25, 0.3) is 0 Å². The summed E-state index contributed by atoms with van der Waals surface area (Å²) in [5.41, 5.74) is 4.55. The van der Waals surface area contributed by atoms with E-state index >= 15 is 0 Å². The molecule has 0 saturated heterocycles. The summed E-state index contributed by atoms with van der Waals surface area (Å²) in [5.74, 6) is -0.882. The van der Waals surface area contributed by atoms with Crippen molar-refractivity contribution in [1.29, 1.82) is 0 Å². The lowest BCUT2D eigenvalue weighted by Gasteiger charge is -2.24. The van der Waals surface area contributed by atoms with Crippen LogP contribution < -0.4 is 5.73 Å². The molecule has 0 aromatic heterocycles. The zero-order valence-corrected chi connectivity index (χ0v) is 11.8. The number of rotatable bonds is 8. The summed E-state index contributed by atoms with van der Waals surface area (Å²) in [6.07, 6.45) is 0. The standard InChI is InChI=1S/C12H24N2O5/c1-12(2,3)19-11(17)9-14(4-6-15)5-7-18-10(16)8-13/h15H,4-9,13H2,1-3H3. The Hall–Kier alpha value is -1.18. The zero-order valence-electron chi connectivity index (χ0n) is 11.8. The van der Waals surface area contributed by atoms with Gasteiger partial charge < -0.3 is 20.3 Å². The van der Waals surface area contributed by atoms with Crippen LogP contribution in [0.15, 0.2) is 0 Å². The first-order valence-electron chi connectivity index (χ1n) is 6.19. The number of carbonyl (C=O) groups excluding carboxylic acids is 2. The van der Waals surface area contributed by atoms with Gasteiger partial charge in [-0.05, 0) is 20.8 Å². The lowest BCUT2D eigenvalue weighted by molar-refractivity contribution is -0.156. The normalized spacial score (nSPS) is 11.5. The number of nitrogens with two attached hydrogens (primary N) is 1. The molecule has 0 atom stereocenters. The summed E-state index contributed by atoms with van der Waals surface area (Å²) < 4.78 is 9.98. The second-order valence-electron chi connectivity index (χ2n) is 5.01. The summed E-state index contributed by atoms with van der Waals surface area (Å²) in [7, 11) is 0. The molecule has 19 heavy (non-hydrogen) atoms. The molecule has 0 heterocycles. The van der Waals surface area contributed by atoms with Gasteiger partial charge in [0.25, 0.3) is 0 Å². The summed E-state index contributed by atoms with van der Waals surface area (Å²) >= 11 is 0. The van der Waals surface area contributed by atoms with Gasteiger partial charge in [0.05, 0.1) is 19.7 Å². The van der Waals surface area contributed by atoms with Crippen molar-refractivity contribution in [3.63, 3.8) is 0 Å². The SMILES string of the molecule is CC(C)(C)OC(=O)CN(CCO)CCOC(=O)CN. The smallest absolute Gasteiger partial charge is 0.320 e. The summed E-state index contributed by atoms with van der Waals surface area (Å²) in [6.45, 7) is 5.89. The molecule has 0 amide bonds. The lowest BCUT2D eigenvalue weighted by Crippen LogP contribution is -2.38. The number of carbonyl (C=O) groups is 2. The Kier molecular flexibility index (Phi) is 8.29. The molecule has 0 aliphatic heterocycles. The molecule has 0 unspecified atom stereocenters. The molecule has 3 N–H and O–H groups in total. The van der Waals surface area contributed by atoms with Gasteiger partial charge in [0.15, 0.2) is 0 Å². The molecule has 0 aliphatic carbocycles. The van der Waals surface area contributed by atoms with Crippen LogP contribution in [-0.2, 0) is 19.1 Å². The summed E-state index contributed by atoms with van der Waals surface area (Å²) in [6, 6.07) is 0. The minimum Gasteiger partial charge on any atom is -0.463 e. The van der Waals surface area contributed by atoms with Gasteiger partial charge in [0, 0.05) is 13.1 Å². The number of hydrogen-bond donors (Lipinski definition) is 2. The number of aliphatic hydroxyl groups excluding tert-OH is 1. The number of nitrogens with zero attached hydrogens (tertiary/aromatic N) is 1. The lowest BCUT2D eigenvalue weighted by atomic mass is 10.2. The highest BCUT2D eigenvalue weighted by Gasteiger charge is 2.18. The largest absolute Gasteiger partial charge is 0.463 e. The monoisotopic (exact) mass is 276 g/mol. The molecule has 0 rings (SSSR count). The van der Waals surface area contributed by atoms with Gasteiger partial charge in [-0.15, -0.1) is 0 Å². The van der Waals surface area contributed by atoms with Crippen LogP contribution in [0.3, 0.4) is 0 Å². The van der Waals surface area contributed by atoms with E-state index in [1.54, 1.807) is 25.7 Å². The fourth-order valence-corrected chi connectivity index (χ4v) is 1.32. The predicted octanol–water partition coefficient (Wildman–Crippen LogP) is -0.876. The highest BCUT2D eigenvalue weighted by molar-refractivity contribution is 5.72. The fraction of sp³-hybridized carbons (Fsp3) is 0.833. The second-order valence-corrected chi connectivity index (χ2v) is 5.01. The average Bonchev–Trinajstić information content (AvgIpc) is 2.26. The van der Waals surface area contributed by atoms with Crippen molar-refractivity contribution in [3.8, 4) is 0 Å². The molecule has 7 heteroatoms. The molecule has 0 aromatic carbocycles. The van der Waals surface area contributed by atoms with E-state index in [-0.39, 0.29) is 32.3 Å². The van der Waals surface area contributed by atoms with Gasteiger partial charge >= 0.3 is 11.9 Å². The van der Waals surface area contributed by atoms with Gasteiger partial charge in [-0.25, -0.2) is 0 Å². The van der Waals surface area contributed by atoms with Crippen LogP contribution in [-0.4, -0.2) is 66.9 Å². The maximum atomic E-state index is 11.6. The number of hydrogen-bond acceptors (Lipinski definition) is 7. The molecule has 7 nitrogen and oxygen atoms in total. The summed E-state index contributed by atoms with van der Waals surface area (Å²) in [4.78, 5) is 24.1. The highest BCUT2D eigenvalue weighted by Crippen LogP contribution is 2.07. The van der Waals surface area contributed by atoms with Gasteiger partial charge in [-0.2, -0.15) is 0 Å². The topological polar surface area (TPSA) is 102 Å². The van der Waals surface area contributed by atoms with Crippen molar-refractivity contribution in [3.05, 3.63) is 0 Å². The summed E-state index contributed by atoms with van der Waals surface area (Å²) in [5, 5.41) is 8.92.